The molecule has 1 aliphatic heterocycles. The van der Waals surface area contributed by atoms with Gasteiger partial charge in [-0.2, -0.15) is 9.78 Å². The highest BCUT2D eigenvalue weighted by Crippen LogP contribution is 2.33. The molecule has 1 saturated heterocycles. The Morgan fingerprint density at radius 1 is 1.10 bits per heavy atom. The second kappa shape index (κ2) is 10.2. The van der Waals surface area contributed by atoms with Gasteiger partial charge in [0, 0.05) is 47.9 Å². The van der Waals surface area contributed by atoms with E-state index in [9.17, 15) is 10.0 Å². The van der Waals surface area contributed by atoms with Crippen LogP contribution >= 0.6 is 11.6 Å². The number of carbonyl (C=O) groups excluding carboxylic acids is 1. The highest BCUT2D eigenvalue weighted by Gasteiger charge is 2.32. The summed E-state index contributed by atoms with van der Waals surface area (Å²) in [4.78, 5) is 18.3. The predicted molar refractivity (Wildman–Crippen MR) is 136 cm³/mol. The van der Waals surface area contributed by atoms with Crippen LogP contribution in [0.15, 0.2) is 73.7 Å². The van der Waals surface area contributed by atoms with Crippen molar-refractivity contribution in [3.63, 3.8) is 0 Å². The Hall–Kier alpha value is -4.71. The van der Waals surface area contributed by atoms with Crippen LogP contribution in [0.2, 0.25) is 5.02 Å². The summed E-state index contributed by atoms with van der Waals surface area (Å²) in [6, 6.07) is 9.60. The molecule has 1 amide bonds. The van der Waals surface area contributed by atoms with Crippen molar-refractivity contribution in [3.05, 3.63) is 90.2 Å². The summed E-state index contributed by atoms with van der Waals surface area (Å²) in [6.45, 7) is 0.929. The van der Waals surface area contributed by atoms with Gasteiger partial charge in [0.15, 0.2) is 11.9 Å². The van der Waals surface area contributed by atoms with E-state index in [1.807, 2.05) is 18.3 Å². The lowest BCUT2D eigenvalue weighted by Gasteiger charge is -2.22. The quantitative estimate of drug-likeness (QED) is 0.246. The molecule has 0 unspecified atom stereocenters. The molecule has 0 bridgehead atoms. The maximum atomic E-state index is 15.3. The second-order valence-corrected chi connectivity index (χ2v) is 9.51. The Kier molecular flexibility index (Phi) is 6.45. The third-order valence-electron chi connectivity index (χ3n) is 6.76. The molecule has 5 heterocycles. The molecule has 0 aliphatic carbocycles. The molecule has 1 fully saturated rings. The number of benzene rings is 1. The summed E-state index contributed by atoms with van der Waals surface area (Å²) < 4.78 is 19.3. The number of rotatable bonds is 7. The Bertz CT molecular complexity index is 1640. The monoisotopic (exact) mass is 546 g/mol. The molecule has 1 N–H and O–H groups in total. The standard InChI is InChI=1S/C26H22ClFN9O2/c27-20-4-6-22(36-16-30-32-33-36)25(26(20)28)18-3-5-21(37(39)14-18)23(15-34-11-1-2-24(34)38)35-13-19(12-31-35)17-7-9-29-10-8-17/h3-10,12-14,16,23,39H,1-2,11,15H2/q+1/t23-/m1/s1. The van der Waals surface area contributed by atoms with E-state index in [1.54, 1.807) is 46.4 Å². The molecule has 196 valence electrons. The smallest absolute Gasteiger partial charge is 0.260 e. The molecular formula is C26H22ClFN9O2+. The molecule has 6 rings (SSSR count). The zero-order valence-electron chi connectivity index (χ0n) is 20.5. The summed E-state index contributed by atoms with van der Waals surface area (Å²) >= 11 is 6.10. The lowest BCUT2D eigenvalue weighted by molar-refractivity contribution is -0.910. The first-order valence-electron chi connectivity index (χ1n) is 12.2. The highest BCUT2D eigenvalue weighted by molar-refractivity contribution is 6.31. The first kappa shape index (κ1) is 24.6. The molecule has 0 spiro atoms. The summed E-state index contributed by atoms with van der Waals surface area (Å²) in [5.41, 5.74) is 3.07. The molecule has 11 nitrogen and oxygen atoms in total. The lowest BCUT2D eigenvalue weighted by Crippen LogP contribution is -2.42. The van der Waals surface area contributed by atoms with E-state index in [4.69, 9.17) is 11.6 Å². The molecule has 4 aromatic heterocycles. The first-order valence-corrected chi connectivity index (χ1v) is 12.6. The number of likely N-dealkylation sites (tertiary alicyclic amines) is 1. The average molecular weight is 547 g/mol. The minimum absolute atomic E-state index is 0.0507. The van der Waals surface area contributed by atoms with Gasteiger partial charge in [-0.15, -0.1) is 5.10 Å². The van der Waals surface area contributed by atoms with Gasteiger partial charge in [-0.05, 0) is 52.7 Å². The zero-order valence-corrected chi connectivity index (χ0v) is 21.2. The van der Waals surface area contributed by atoms with Crippen molar-refractivity contribution in [1.82, 2.24) is 39.9 Å². The SMILES string of the molecule is O=C1CCCN1C[C@H](c1ccc(-c2c(-n3cnnn3)ccc(Cl)c2F)c[n+]1O)n1cc(-c2ccncc2)cn1. The minimum Gasteiger partial charge on any atom is -0.340 e. The number of aromatic nitrogens is 8. The average Bonchev–Trinajstić information content (AvgIpc) is 3.73. The summed E-state index contributed by atoms with van der Waals surface area (Å²) in [7, 11) is 0. The van der Waals surface area contributed by atoms with Crippen LogP contribution in [-0.4, -0.2) is 64.1 Å². The highest BCUT2D eigenvalue weighted by atomic mass is 35.5. The van der Waals surface area contributed by atoms with Gasteiger partial charge in [-0.25, -0.2) is 4.39 Å². The van der Waals surface area contributed by atoms with Crippen molar-refractivity contribution < 1.29 is 19.1 Å². The van der Waals surface area contributed by atoms with Crippen LogP contribution in [0.3, 0.4) is 0 Å². The Labute approximate surface area is 226 Å². The van der Waals surface area contributed by atoms with Crippen molar-refractivity contribution in [2.24, 2.45) is 0 Å². The molecule has 5 aromatic rings. The molecule has 1 aliphatic rings. The molecule has 0 radical (unpaired) electrons. The van der Waals surface area contributed by atoms with Crippen LogP contribution in [0.25, 0.3) is 27.9 Å². The Morgan fingerprint density at radius 2 is 1.95 bits per heavy atom. The van der Waals surface area contributed by atoms with Gasteiger partial charge in [-0.1, -0.05) is 11.6 Å². The van der Waals surface area contributed by atoms with E-state index in [2.05, 4.69) is 25.6 Å². The molecular weight excluding hydrogens is 525 g/mol. The van der Waals surface area contributed by atoms with E-state index in [1.165, 1.54) is 23.3 Å². The summed E-state index contributed by atoms with van der Waals surface area (Å²) in [5, 5.41) is 26.8. The fraction of sp³-hybridized carbons (Fsp3) is 0.192. The van der Waals surface area contributed by atoms with Crippen LogP contribution in [0.5, 0.6) is 0 Å². The maximum Gasteiger partial charge on any atom is 0.260 e. The zero-order chi connectivity index (χ0) is 26.9. The first-order chi connectivity index (χ1) is 19.0. The van der Waals surface area contributed by atoms with E-state index in [0.717, 1.165) is 22.3 Å². The Morgan fingerprint density at radius 3 is 2.67 bits per heavy atom. The topological polar surface area (TPSA) is 119 Å². The van der Waals surface area contributed by atoms with Crippen molar-refractivity contribution in [3.8, 4) is 27.9 Å². The minimum atomic E-state index is -0.675. The maximum absolute atomic E-state index is 15.3. The number of hydrogen-bond donors (Lipinski definition) is 1. The number of nitrogens with zero attached hydrogens (tertiary/aromatic N) is 9. The molecule has 39 heavy (non-hydrogen) atoms. The van der Waals surface area contributed by atoms with Crippen LogP contribution < -0.4 is 4.73 Å². The summed E-state index contributed by atoms with van der Waals surface area (Å²) in [6.07, 6.45) is 11.0. The number of carbonyl (C=O) groups is 1. The van der Waals surface area contributed by atoms with Gasteiger partial charge in [0.1, 0.15) is 6.33 Å². The third-order valence-corrected chi connectivity index (χ3v) is 7.05. The lowest BCUT2D eigenvalue weighted by atomic mass is 10.0. The van der Waals surface area contributed by atoms with Gasteiger partial charge in [0.05, 0.1) is 34.6 Å². The van der Waals surface area contributed by atoms with Crippen LogP contribution in [0.4, 0.5) is 4.39 Å². The predicted octanol–water partition coefficient (Wildman–Crippen LogP) is 3.12. The van der Waals surface area contributed by atoms with E-state index < -0.39 is 11.9 Å². The summed E-state index contributed by atoms with van der Waals surface area (Å²) in [5.74, 6) is -0.625. The van der Waals surface area contributed by atoms with Gasteiger partial charge < -0.3 is 4.90 Å². The normalized spacial score (nSPS) is 14.2. The fourth-order valence-corrected chi connectivity index (χ4v) is 4.97. The number of halogens is 2. The Balaban J connectivity index is 1.42. The molecule has 13 heteroatoms. The van der Waals surface area contributed by atoms with Crippen molar-refractivity contribution in [2.45, 2.75) is 18.9 Å². The molecule has 0 saturated carbocycles. The van der Waals surface area contributed by atoms with Crippen LogP contribution in [0, 0.1) is 5.82 Å². The van der Waals surface area contributed by atoms with Crippen LogP contribution in [-0.2, 0) is 4.79 Å². The largest absolute Gasteiger partial charge is 0.340 e. The van der Waals surface area contributed by atoms with Crippen molar-refractivity contribution in [1.29, 1.82) is 0 Å². The van der Waals surface area contributed by atoms with Crippen LogP contribution in [0.1, 0.15) is 24.6 Å². The van der Waals surface area contributed by atoms with Gasteiger partial charge in [-0.3, -0.25) is 19.7 Å². The number of hydrogen-bond acceptors (Lipinski definition) is 7. The van der Waals surface area contributed by atoms with Crippen molar-refractivity contribution >= 4 is 17.5 Å². The van der Waals surface area contributed by atoms with E-state index in [-0.39, 0.29) is 16.5 Å². The molecule has 1 aromatic carbocycles. The van der Waals surface area contributed by atoms with E-state index in [0.29, 0.717) is 36.5 Å². The third kappa shape index (κ3) is 4.70. The number of pyridine rings is 2. The van der Waals surface area contributed by atoms with Gasteiger partial charge in [0.2, 0.25) is 12.1 Å². The number of tetrazole rings is 1. The van der Waals surface area contributed by atoms with E-state index >= 15 is 4.39 Å². The van der Waals surface area contributed by atoms with Crippen molar-refractivity contribution in [2.75, 3.05) is 13.1 Å². The van der Waals surface area contributed by atoms with Gasteiger partial charge >= 0.3 is 0 Å². The number of amides is 1. The second-order valence-electron chi connectivity index (χ2n) is 9.10. The molecule has 1 atom stereocenters. The van der Waals surface area contributed by atoms with Gasteiger partial charge in [0.25, 0.3) is 5.69 Å². The fourth-order valence-electron chi connectivity index (χ4n) is 4.81.